The average Bonchev–Trinajstić information content (AvgIpc) is 3.33. The molecule has 1 atom stereocenters. The molecule has 1 saturated heterocycles. The molecule has 164 valence electrons. The number of nitrogens with one attached hydrogen (secondary N) is 1. The van der Waals surface area contributed by atoms with Gasteiger partial charge in [0.15, 0.2) is 0 Å². The van der Waals surface area contributed by atoms with Crippen LogP contribution in [0.1, 0.15) is 44.9 Å². The minimum absolute atomic E-state index is 0.263. The van der Waals surface area contributed by atoms with Crippen LogP contribution < -0.4 is 16.0 Å². The molecule has 0 spiro atoms. The van der Waals surface area contributed by atoms with Crippen LogP contribution in [0.5, 0.6) is 0 Å². The lowest BCUT2D eigenvalue weighted by molar-refractivity contribution is 0.0571. The Balaban J connectivity index is 1.75. The van der Waals surface area contributed by atoms with Gasteiger partial charge in [0.1, 0.15) is 28.9 Å². The molecule has 1 aliphatic rings. The number of nitrogens with zero attached hydrogens (tertiary/aromatic N) is 7. The van der Waals surface area contributed by atoms with Gasteiger partial charge >= 0.3 is 0 Å². The molecule has 1 fully saturated rings. The minimum atomic E-state index is -0.881. The molecule has 0 aromatic carbocycles. The highest BCUT2D eigenvalue weighted by atomic mass is 16.3. The van der Waals surface area contributed by atoms with Crippen LogP contribution in [0.3, 0.4) is 0 Å². The van der Waals surface area contributed by atoms with Gasteiger partial charge in [-0.05, 0) is 40.5 Å². The van der Waals surface area contributed by atoms with E-state index in [2.05, 4.69) is 38.3 Å². The van der Waals surface area contributed by atoms with Crippen LogP contribution in [0.4, 0.5) is 23.3 Å². The van der Waals surface area contributed by atoms with Crippen molar-refractivity contribution in [3.05, 3.63) is 17.5 Å². The molecule has 10 nitrogen and oxygen atoms in total. The van der Waals surface area contributed by atoms with Gasteiger partial charge in [0, 0.05) is 19.6 Å². The van der Waals surface area contributed by atoms with Crippen LogP contribution in [0, 0.1) is 18.3 Å². The fourth-order valence-corrected chi connectivity index (χ4v) is 4.29. The summed E-state index contributed by atoms with van der Waals surface area (Å²) in [7, 11) is 1.91. The highest BCUT2D eigenvalue weighted by molar-refractivity contribution is 5.98. The summed E-state index contributed by atoms with van der Waals surface area (Å²) in [6.45, 7) is 8.81. The number of anilines is 4. The van der Waals surface area contributed by atoms with Gasteiger partial charge in [0.25, 0.3) is 0 Å². The number of rotatable bonds is 5. The van der Waals surface area contributed by atoms with Crippen LogP contribution in [0.15, 0.2) is 6.20 Å². The molecule has 4 rings (SSSR count). The van der Waals surface area contributed by atoms with Gasteiger partial charge in [0.2, 0.25) is 5.95 Å². The van der Waals surface area contributed by atoms with Crippen LogP contribution >= 0.6 is 0 Å². The number of hydrogen-bond donors (Lipinski definition) is 3. The molecule has 4 N–H and O–H groups in total. The first-order chi connectivity index (χ1) is 14.6. The summed E-state index contributed by atoms with van der Waals surface area (Å²) in [6, 6.07) is 2.67. The molecule has 0 saturated carbocycles. The first kappa shape index (κ1) is 20.9. The van der Waals surface area contributed by atoms with Crippen molar-refractivity contribution in [2.75, 3.05) is 22.5 Å². The zero-order chi connectivity index (χ0) is 22.5. The third-order valence-corrected chi connectivity index (χ3v) is 5.85. The molecule has 1 aliphatic heterocycles. The van der Waals surface area contributed by atoms with Crippen molar-refractivity contribution in [3.63, 3.8) is 0 Å². The molecule has 0 bridgehead atoms. The van der Waals surface area contributed by atoms with Gasteiger partial charge in [-0.15, -0.1) is 0 Å². The molecule has 0 amide bonds. The number of aliphatic hydroxyl groups is 1. The van der Waals surface area contributed by atoms with Crippen LogP contribution in [-0.4, -0.2) is 47.6 Å². The SMILES string of the molecule is Cc1c(Nc2nc(N)c3c(C#N)c(N4CCC[C@H]4C)n(C)c3n2)cnn1CC(C)(C)O. The fraction of sp³-hybridized carbons (Fsp3) is 0.524. The van der Waals surface area contributed by atoms with Crippen molar-refractivity contribution in [3.8, 4) is 6.07 Å². The molecule has 31 heavy (non-hydrogen) atoms. The van der Waals surface area contributed by atoms with Crippen LogP contribution in [0.25, 0.3) is 11.0 Å². The van der Waals surface area contributed by atoms with Crippen molar-refractivity contribution in [2.24, 2.45) is 7.05 Å². The number of aromatic nitrogens is 5. The lowest BCUT2D eigenvalue weighted by Gasteiger charge is -2.24. The molecule has 3 aromatic rings. The van der Waals surface area contributed by atoms with Crippen molar-refractivity contribution in [1.82, 2.24) is 24.3 Å². The summed E-state index contributed by atoms with van der Waals surface area (Å²) >= 11 is 0. The van der Waals surface area contributed by atoms with Gasteiger partial charge in [-0.1, -0.05) is 0 Å². The van der Waals surface area contributed by atoms with Crippen molar-refractivity contribution in [1.29, 1.82) is 5.26 Å². The van der Waals surface area contributed by atoms with Gasteiger partial charge in [-0.3, -0.25) is 4.68 Å². The molecular formula is C21H29N9O. The Kier molecular flexibility index (Phi) is 5.01. The zero-order valence-electron chi connectivity index (χ0n) is 18.6. The van der Waals surface area contributed by atoms with Gasteiger partial charge < -0.3 is 25.6 Å². The number of nitrogens with two attached hydrogens (primary N) is 1. The maximum Gasteiger partial charge on any atom is 0.231 e. The Labute approximate surface area is 181 Å². The topological polar surface area (TPSA) is 134 Å². The summed E-state index contributed by atoms with van der Waals surface area (Å²) in [5, 5.41) is 28.1. The zero-order valence-corrected chi connectivity index (χ0v) is 18.6. The first-order valence-corrected chi connectivity index (χ1v) is 10.4. The van der Waals surface area contributed by atoms with Crippen molar-refractivity contribution < 1.29 is 5.11 Å². The largest absolute Gasteiger partial charge is 0.389 e. The summed E-state index contributed by atoms with van der Waals surface area (Å²) in [5.41, 5.74) is 8.13. The van der Waals surface area contributed by atoms with Gasteiger partial charge in [-0.25, -0.2) is 0 Å². The Morgan fingerprint density at radius 1 is 1.39 bits per heavy atom. The Morgan fingerprint density at radius 2 is 2.13 bits per heavy atom. The van der Waals surface area contributed by atoms with E-state index in [1.807, 2.05) is 18.5 Å². The number of nitrogen functional groups attached to an aromatic ring is 1. The van der Waals surface area contributed by atoms with E-state index in [9.17, 15) is 10.4 Å². The van der Waals surface area contributed by atoms with E-state index in [0.29, 0.717) is 35.1 Å². The maximum absolute atomic E-state index is 10.1. The highest BCUT2D eigenvalue weighted by Gasteiger charge is 2.29. The van der Waals surface area contributed by atoms with Crippen molar-refractivity contribution in [2.45, 2.75) is 58.7 Å². The molecule has 10 heteroatoms. The lowest BCUT2D eigenvalue weighted by Crippen LogP contribution is -2.28. The minimum Gasteiger partial charge on any atom is -0.389 e. The molecule has 0 aliphatic carbocycles. The van der Waals surface area contributed by atoms with E-state index in [0.717, 1.165) is 36.6 Å². The fourth-order valence-electron chi connectivity index (χ4n) is 4.29. The van der Waals surface area contributed by atoms with E-state index in [1.165, 1.54) is 0 Å². The second kappa shape index (κ2) is 7.42. The number of fused-ring (bicyclic) bond motifs is 1. The summed E-state index contributed by atoms with van der Waals surface area (Å²) < 4.78 is 3.66. The summed E-state index contributed by atoms with van der Waals surface area (Å²) in [5.74, 6) is 1.44. The molecule has 3 aromatic heterocycles. The monoisotopic (exact) mass is 423 g/mol. The van der Waals surface area contributed by atoms with E-state index < -0.39 is 5.60 Å². The average molecular weight is 424 g/mol. The lowest BCUT2D eigenvalue weighted by atomic mass is 10.1. The van der Waals surface area contributed by atoms with E-state index >= 15 is 0 Å². The number of nitriles is 1. The van der Waals surface area contributed by atoms with E-state index in [-0.39, 0.29) is 5.82 Å². The predicted molar refractivity (Wildman–Crippen MR) is 120 cm³/mol. The van der Waals surface area contributed by atoms with Crippen LogP contribution in [0.2, 0.25) is 0 Å². The van der Waals surface area contributed by atoms with E-state index in [1.54, 1.807) is 24.7 Å². The Bertz CT molecular complexity index is 1180. The normalized spacial score (nSPS) is 16.8. The second-order valence-corrected chi connectivity index (χ2v) is 8.92. The second-order valence-electron chi connectivity index (χ2n) is 8.92. The molecular weight excluding hydrogens is 394 g/mol. The standard InChI is InChI=1S/C21H29N9O/c1-12-7-6-8-29(12)19-14(9-22)16-17(23)26-20(27-18(16)28(19)5)25-15-10-24-30(13(15)2)11-21(3,4)31/h10,12,31H,6-8,11H2,1-5H3,(H3,23,25,26,27)/t12-/m1/s1. The first-order valence-electron chi connectivity index (χ1n) is 10.4. The molecule has 0 radical (unpaired) electrons. The van der Waals surface area contributed by atoms with Crippen molar-refractivity contribution >= 4 is 34.3 Å². The summed E-state index contributed by atoms with van der Waals surface area (Å²) in [6.07, 6.45) is 3.86. The molecule has 0 unspecified atom stereocenters. The van der Waals surface area contributed by atoms with E-state index in [4.69, 9.17) is 5.73 Å². The van der Waals surface area contributed by atoms with Gasteiger partial charge in [0.05, 0.1) is 35.1 Å². The highest BCUT2D eigenvalue weighted by Crippen LogP contribution is 2.37. The maximum atomic E-state index is 10.1. The number of hydrogen-bond acceptors (Lipinski definition) is 8. The smallest absolute Gasteiger partial charge is 0.231 e. The Morgan fingerprint density at radius 3 is 2.74 bits per heavy atom. The van der Waals surface area contributed by atoms with Gasteiger partial charge in [-0.2, -0.15) is 20.3 Å². The third-order valence-electron chi connectivity index (χ3n) is 5.85. The number of aryl methyl sites for hydroxylation is 1. The third kappa shape index (κ3) is 3.65. The quantitative estimate of drug-likeness (QED) is 0.570. The predicted octanol–water partition coefficient (Wildman–Crippen LogP) is 2.43. The summed E-state index contributed by atoms with van der Waals surface area (Å²) in [4.78, 5) is 11.3. The Hall–Kier alpha value is -3.32. The molecule has 4 heterocycles. The van der Waals surface area contributed by atoms with Crippen LogP contribution in [-0.2, 0) is 13.6 Å².